The van der Waals surface area contributed by atoms with Gasteiger partial charge in [-0.25, -0.2) is 4.79 Å². The van der Waals surface area contributed by atoms with Gasteiger partial charge in [-0.2, -0.15) is 4.37 Å². The van der Waals surface area contributed by atoms with E-state index in [1.165, 1.54) is 18.3 Å². The van der Waals surface area contributed by atoms with Crippen LogP contribution in [0, 0.1) is 10.1 Å². The number of nitrogens with one attached hydrogen (secondary N) is 1. The minimum absolute atomic E-state index is 0.0853. The summed E-state index contributed by atoms with van der Waals surface area (Å²) in [6, 6.07) is 2.60. The van der Waals surface area contributed by atoms with Gasteiger partial charge in [-0.3, -0.25) is 14.9 Å². The van der Waals surface area contributed by atoms with Crippen molar-refractivity contribution < 1.29 is 19.2 Å². The van der Waals surface area contributed by atoms with Gasteiger partial charge in [-0.1, -0.05) is 0 Å². The van der Waals surface area contributed by atoms with Crippen LogP contribution in [0.3, 0.4) is 0 Å². The van der Waals surface area contributed by atoms with E-state index in [1.54, 1.807) is 6.92 Å². The van der Waals surface area contributed by atoms with Gasteiger partial charge in [0.15, 0.2) is 0 Å². The number of rotatable bonds is 3. The molecule has 0 unspecified atom stereocenters. The number of hydrogen-bond acceptors (Lipinski definition) is 7. The molecule has 0 atom stereocenters. The van der Waals surface area contributed by atoms with Crippen molar-refractivity contribution in [3.63, 3.8) is 0 Å². The molecule has 0 aliphatic heterocycles. The van der Waals surface area contributed by atoms with Crippen LogP contribution in [0.4, 0.5) is 11.4 Å². The Morgan fingerprint density at radius 2 is 2.25 bits per heavy atom. The lowest BCUT2D eigenvalue weighted by molar-refractivity contribution is -0.382. The van der Waals surface area contributed by atoms with Gasteiger partial charge in [0.25, 0.3) is 5.69 Å². The second-order valence-electron chi connectivity index (χ2n) is 3.63. The number of esters is 1. The fraction of sp³-hybridized carbons (Fsp3) is 0.182. The molecule has 0 radical (unpaired) electrons. The van der Waals surface area contributed by atoms with Crippen molar-refractivity contribution in [2.24, 2.45) is 0 Å². The lowest BCUT2D eigenvalue weighted by Gasteiger charge is -2.05. The van der Waals surface area contributed by atoms with Crippen LogP contribution in [0.1, 0.15) is 6.92 Å². The second-order valence-corrected chi connectivity index (χ2v) is 4.43. The fourth-order valence-corrected chi connectivity index (χ4v) is 2.33. The molecule has 1 aromatic heterocycles. The Morgan fingerprint density at radius 1 is 1.50 bits per heavy atom. The van der Waals surface area contributed by atoms with Crippen molar-refractivity contribution in [3.05, 3.63) is 28.4 Å². The average Bonchev–Trinajstić information content (AvgIpc) is 2.88. The molecule has 1 heterocycles. The molecular weight excluding hydrogens is 286 g/mol. The molecule has 1 N–H and O–H groups in total. The SMILES string of the molecule is CCOC(=O)C(=O)Nc1ccc([N+](=O)[O-])c2sncc12. The van der Waals surface area contributed by atoms with Gasteiger partial charge in [0.2, 0.25) is 0 Å². The molecular formula is C11H9N3O5S. The zero-order valence-corrected chi connectivity index (χ0v) is 11.1. The lowest BCUT2D eigenvalue weighted by atomic mass is 10.2. The number of anilines is 1. The van der Waals surface area contributed by atoms with Gasteiger partial charge < -0.3 is 10.1 Å². The molecule has 104 valence electrons. The van der Waals surface area contributed by atoms with E-state index in [1.807, 2.05) is 0 Å². The Balaban J connectivity index is 2.35. The Morgan fingerprint density at radius 3 is 2.90 bits per heavy atom. The van der Waals surface area contributed by atoms with Crippen molar-refractivity contribution in [1.82, 2.24) is 4.37 Å². The van der Waals surface area contributed by atoms with Gasteiger partial charge in [0, 0.05) is 11.5 Å². The van der Waals surface area contributed by atoms with Crippen molar-refractivity contribution in [2.75, 3.05) is 11.9 Å². The number of aromatic nitrogens is 1. The van der Waals surface area contributed by atoms with Crippen molar-refractivity contribution in [2.45, 2.75) is 6.92 Å². The summed E-state index contributed by atoms with van der Waals surface area (Å²) in [5.74, 6) is -1.95. The summed E-state index contributed by atoms with van der Waals surface area (Å²) in [5, 5.41) is 13.6. The minimum Gasteiger partial charge on any atom is -0.459 e. The molecule has 0 saturated heterocycles. The molecule has 1 amide bonds. The van der Waals surface area contributed by atoms with E-state index in [0.717, 1.165) is 11.5 Å². The summed E-state index contributed by atoms with van der Waals surface area (Å²) in [7, 11) is 0. The number of nitro groups is 1. The number of hydrogen-bond donors (Lipinski definition) is 1. The number of non-ortho nitro benzene ring substituents is 1. The summed E-state index contributed by atoms with van der Waals surface area (Å²) in [6.07, 6.45) is 1.40. The topological polar surface area (TPSA) is 111 Å². The lowest BCUT2D eigenvalue weighted by Crippen LogP contribution is -2.25. The number of fused-ring (bicyclic) bond motifs is 1. The van der Waals surface area contributed by atoms with Crippen LogP contribution < -0.4 is 5.32 Å². The number of nitrogens with zero attached hydrogens (tertiary/aromatic N) is 2. The minimum atomic E-state index is -1.01. The van der Waals surface area contributed by atoms with E-state index >= 15 is 0 Å². The molecule has 0 spiro atoms. The number of benzene rings is 1. The largest absolute Gasteiger partial charge is 0.459 e. The number of ether oxygens (including phenoxy) is 1. The number of carbonyl (C=O) groups excluding carboxylic acids is 2. The monoisotopic (exact) mass is 295 g/mol. The van der Waals surface area contributed by atoms with Crippen molar-refractivity contribution >= 4 is 44.9 Å². The predicted octanol–water partition coefficient (Wildman–Crippen LogP) is 1.71. The van der Waals surface area contributed by atoms with Gasteiger partial charge in [0.05, 0.1) is 23.4 Å². The molecule has 0 aliphatic rings. The van der Waals surface area contributed by atoms with E-state index in [0.29, 0.717) is 10.1 Å². The van der Waals surface area contributed by atoms with Crippen molar-refractivity contribution in [1.29, 1.82) is 0 Å². The maximum absolute atomic E-state index is 11.6. The standard InChI is InChI=1S/C11H9N3O5S/c1-2-19-11(16)10(15)13-7-3-4-8(14(17)18)9-6(7)5-12-20-9/h3-5H,2H2,1H3,(H,13,15). The number of carbonyl (C=O) groups is 2. The van der Waals surface area contributed by atoms with Crippen LogP contribution in [0.5, 0.6) is 0 Å². The fourth-order valence-electron chi connectivity index (χ4n) is 1.57. The van der Waals surface area contributed by atoms with Gasteiger partial charge in [-0.05, 0) is 24.5 Å². The Bertz CT molecular complexity index is 696. The molecule has 0 fully saturated rings. The first-order chi connectivity index (χ1) is 9.54. The molecule has 8 nitrogen and oxygen atoms in total. The summed E-state index contributed by atoms with van der Waals surface area (Å²) in [5.41, 5.74) is 0.175. The van der Waals surface area contributed by atoms with E-state index < -0.39 is 16.8 Å². The first-order valence-corrected chi connectivity index (χ1v) is 6.31. The number of amides is 1. The van der Waals surface area contributed by atoms with Gasteiger partial charge in [0.1, 0.15) is 4.70 Å². The molecule has 0 bridgehead atoms. The molecule has 20 heavy (non-hydrogen) atoms. The third-order valence-corrected chi connectivity index (χ3v) is 3.23. The molecule has 2 aromatic rings. The Labute approximate surface area is 116 Å². The van der Waals surface area contributed by atoms with Crippen LogP contribution in [0.15, 0.2) is 18.3 Å². The summed E-state index contributed by atoms with van der Waals surface area (Å²) < 4.78 is 8.75. The van der Waals surface area contributed by atoms with Gasteiger partial charge in [-0.15, -0.1) is 0 Å². The average molecular weight is 295 g/mol. The zero-order chi connectivity index (χ0) is 14.7. The van der Waals surface area contributed by atoms with Crippen LogP contribution in [0.2, 0.25) is 0 Å². The molecule has 0 aliphatic carbocycles. The summed E-state index contributed by atoms with van der Waals surface area (Å²) in [6.45, 7) is 1.67. The van der Waals surface area contributed by atoms with E-state index in [4.69, 9.17) is 0 Å². The summed E-state index contributed by atoms with van der Waals surface area (Å²) in [4.78, 5) is 33.1. The third-order valence-electron chi connectivity index (χ3n) is 2.41. The van der Waals surface area contributed by atoms with Crippen LogP contribution >= 0.6 is 11.5 Å². The van der Waals surface area contributed by atoms with Crippen LogP contribution in [-0.2, 0) is 14.3 Å². The van der Waals surface area contributed by atoms with Crippen molar-refractivity contribution in [3.8, 4) is 0 Å². The van der Waals surface area contributed by atoms with E-state index in [9.17, 15) is 19.7 Å². The molecule has 0 saturated carbocycles. The first-order valence-electron chi connectivity index (χ1n) is 5.54. The van der Waals surface area contributed by atoms with E-state index in [2.05, 4.69) is 14.4 Å². The molecule has 2 rings (SSSR count). The first kappa shape index (κ1) is 13.9. The highest BCUT2D eigenvalue weighted by Crippen LogP contribution is 2.33. The zero-order valence-electron chi connectivity index (χ0n) is 10.3. The Hall–Kier alpha value is -2.55. The normalized spacial score (nSPS) is 10.2. The highest BCUT2D eigenvalue weighted by atomic mass is 32.1. The smallest absolute Gasteiger partial charge is 0.397 e. The highest BCUT2D eigenvalue weighted by Gasteiger charge is 2.20. The predicted molar refractivity (Wildman–Crippen MR) is 71.5 cm³/mol. The van der Waals surface area contributed by atoms with E-state index in [-0.39, 0.29) is 18.0 Å². The third kappa shape index (κ3) is 2.57. The quantitative estimate of drug-likeness (QED) is 0.399. The van der Waals surface area contributed by atoms with Crippen LogP contribution in [0.25, 0.3) is 10.1 Å². The van der Waals surface area contributed by atoms with Crippen LogP contribution in [-0.4, -0.2) is 27.8 Å². The molecule has 1 aromatic carbocycles. The Kier molecular flexibility index (Phi) is 3.89. The van der Waals surface area contributed by atoms with Gasteiger partial charge >= 0.3 is 11.9 Å². The second kappa shape index (κ2) is 5.61. The summed E-state index contributed by atoms with van der Waals surface area (Å²) >= 11 is 0.943. The molecule has 9 heteroatoms. The highest BCUT2D eigenvalue weighted by molar-refractivity contribution is 7.14. The number of nitro benzene ring substituents is 1. The maximum Gasteiger partial charge on any atom is 0.397 e. The maximum atomic E-state index is 11.6.